The first kappa shape index (κ1) is 40.4. The predicted molar refractivity (Wildman–Crippen MR) is 207 cm³/mol. The van der Waals surface area contributed by atoms with E-state index in [2.05, 4.69) is 72.2 Å². The van der Waals surface area contributed by atoms with Crippen molar-refractivity contribution in [1.82, 2.24) is 9.80 Å². The van der Waals surface area contributed by atoms with Gasteiger partial charge in [0, 0.05) is 19.6 Å². The van der Waals surface area contributed by atoms with E-state index >= 15 is 0 Å². The van der Waals surface area contributed by atoms with Gasteiger partial charge in [-0.3, -0.25) is 9.80 Å². The Balaban J connectivity index is 1.34. The molecule has 0 saturated heterocycles. The van der Waals surface area contributed by atoms with E-state index in [1.807, 2.05) is 0 Å². The first-order chi connectivity index (χ1) is 23.6. The van der Waals surface area contributed by atoms with Crippen LogP contribution in [0.3, 0.4) is 0 Å². The van der Waals surface area contributed by atoms with Crippen molar-refractivity contribution in [3.63, 3.8) is 0 Å². The second-order valence-electron chi connectivity index (χ2n) is 14.9. The van der Waals surface area contributed by atoms with Gasteiger partial charge < -0.3 is 9.47 Å². The van der Waals surface area contributed by atoms with Crippen molar-refractivity contribution in [1.29, 1.82) is 0 Å². The number of ether oxygens (including phenoxy) is 2. The van der Waals surface area contributed by atoms with Crippen LogP contribution in [0.25, 0.3) is 0 Å². The van der Waals surface area contributed by atoms with Crippen LogP contribution < -0.4 is 9.47 Å². The normalized spacial score (nSPS) is 16.5. The minimum atomic E-state index is 0.880. The summed E-state index contributed by atoms with van der Waals surface area (Å²) in [5, 5.41) is 0. The van der Waals surface area contributed by atoms with Gasteiger partial charge in [0.05, 0.1) is 14.2 Å². The van der Waals surface area contributed by atoms with Crippen LogP contribution in [0, 0.1) is 11.8 Å². The third-order valence-corrected chi connectivity index (χ3v) is 10.9. The lowest BCUT2D eigenvalue weighted by atomic mass is 9.76. The number of nitrogens with zero attached hydrogens (tertiary/aromatic N) is 2. The van der Waals surface area contributed by atoms with Crippen LogP contribution in [0.4, 0.5) is 0 Å². The average molecular weight is 663 g/mol. The van der Waals surface area contributed by atoms with Gasteiger partial charge >= 0.3 is 0 Å². The zero-order valence-electron chi connectivity index (χ0n) is 31.9. The number of benzene rings is 2. The fourth-order valence-corrected chi connectivity index (χ4v) is 7.95. The second kappa shape index (κ2) is 25.9. The van der Waals surface area contributed by atoms with Crippen LogP contribution in [0.2, 0.25) is 0 Å². The molecule has 0 heterocycles. The quantitative estimate of drug-likeness (QED) is 0.0847. The Morgan fingerprint density at radius 1 is 0.500 bits per heavy atom. The van der Waals surface area contributed by atoms with Crippen molar-refractivity contribution in [2.75, 3.05) is 40.4 Å². The van der Waals surface area contributed by atoms with Gasteiger partial charge in [-0.15, -0.1) is 0 Å². The largest absolute Gasteiger partial charge is 0.497 e. The van der Waals surface area contributed by atoms with Gasteiger partial charge in [-0.25, -0.2) is 0 Å². The molecule has 2 aromatic carbocycles. The van der Waals surface area contributed by atoms with Crippen LogP contribution in [-0.4, -0.2) is 50.2 Å². The molecule has 0 radical (unpaired) electrons. The van der Waals surface area contributed by atoms with Gasteiger partial charge in [0.15, 0.2) is 0 Å². The topological polar surface area (TPSA) is 24.9 Å². The highest BCUT2D eigenvalue weighted by molar-refractivity contribution is 5.27. The number of unbranched alkanes of at least 4 members (excludes halogenated alkanes) is 12. The van der Waals surface area contributed by atoms with Gasteiger partial charge in [0.25, 0.3) is 0 Å². The summed E-state index contributed by atoms with van der Waals surface area (Å²) in [4.78, 5) is 5.45. The summed E-state index contributed by atoms with van der Waals surface area (Å²) in [6.07, 6.45) is 28.0. The van der Waals surface area contributed by atoms with E-state index in [0.29, 0.717) is 0 Å². The molecular formula is C44H74N2O2. The molecule has 48 heavy (non-hydrogen) atoms. The Morgan fingerprint density at radius 3 is 1.48 bits per heavy atom. The molecule has 0 spiro atoms. The van der Waals surface area contributed by atoms with Crippen molar-refractivity contribution in [2.45, 2.75) is 155 Å². The highest BCUT2D eigenvalue weighted by Gasteiger charge is 2.26. The molecule has 0 amide bonds. The van der Waals surface area contributed by atoms with Crippen molar-refractivity contribution in [3.05, 3.63) is 59.7 Å². The highest BCUT2D eigenvalue weighted by atomic mass is 16.5. The molecule has 0 aliphatic heterocycles. The van der Waals surface area contributed by atoms with Gasteiger partial charge in [0.2, 0.25) is 0 Å². The molecule has 0 bridgehead atoms. The molecule has 1 aliphatic rings. The summed E-state index contributed by atoms with van der Waals surface area (Å²) in [5.41, 5.74) is 2.82. The molecule has 4 nitrogen and oxygen atoms in total. The molecule has 0 N–H and O–H groups in total. The van der Waals surface area contributed by atoms with Crippen molar-refractivity contribution in [3.8, 4) is 11.5 Å². The molecule has 0 aromatic heterocycles. The maximum atomic E-state index is 5.43. The third-order valence-electron chi connectivity index (χ3n) is 10.9. The minimum absolute atomic E-state index is 0.880. The van der Waals surface area contributed by atoms with Crippen LogP contribution in [0.5, 0.6) is 11.5 Å². The summed E-state index contributed by atoms with van der Waals surface area (Å²) >= 11 is 0. The SMILES string of the molecule is CCCCCCCCCN(Cc1ccc(OC)cc1)CC1CCCCC1CCCCCCCCCN(CCC)Cc1ccc(OC)cc1. The van der Waals surface area contributed by atoms with Crippen molar-refractivity contribution in [2.24, 2.45) is 11.8 Å². The fraction of sp³-hybridized carbons (Fsp3) is 0.727. The Bertz CT molecular complexity index is 1020. The zero-order valence-corrected chi connectivity index (χ0v) is 31.9. The van der Waals surface area contributed by atoms with Gasteiger partial charge in [-0.1, -0.05) is 141 Å². The summed E-state index contributed by atoms with van der Waals surface area (Å²) in [5.74, 6) is 3.72. The average Bonchev–Trinajstić information content (AvgIpc) is 3.11. The van der Waals surface area contributed by atoms with Crippen molar-refractivity contribution < 1.29 is 9.47 Å². The van der Waals surface area contributed by atoms with E-state index in [1.54, 1.807) is 14.2 Å². The zero-order chi connectivity index (χ0) is 34.1. The van der Waals surface area contributed by atoms with E-state index in [0.717, 1.165) is 36.4 Å². The van der Waals surface area contributed by atoms with E-state index < -0.39 is 0 Å². The number of methoxy groups -OCH3 is 2. The van der Waals surface area contributed by atoms with Crippen LogP contribution in [0.15, 0.2) is 48.5 Å². The van der Waals surface area contributed by atoms with Crippen LogP contribution >= 0.6 is 0 Å². The summed E-state index contributed by atoms with van der Waals surface area (Å²) in [7, 11) is 3.50. The molecule has 2 atom stereocenters. The monoisotopic (exact) mass is 663 g/mol. The predicted octanol–water partition coefficient (Wildman–Crippen LogP) is 12.1. The first-order valence-electron chi connectivity index (χ1n) is 20.4. The Hall–Kier alpha value is -2.04. The maximum absolute atomic E-state index is 5.43. The molecule has 4 heteroatoms. The molecule has 2 unspecified atom stereocenters. The molecule has 3 rings (SSSR count). The summed E-state index contributed by atoms with van der Waals surface area (Å²) in [6, 6.07) is 17.4. The van der Waals surface area contributed by atoms with Crippen molar-refractivity contribution >= 4 is 0 Å². The molecular weight excluding hydrogens is 588 g/mol. The van der Waals surface area contributed by atoms with E-state index in [4.69, 9.17) is 9.47 Å². The smallest absolute Gasteiger partial charge is 0.118 e. The van der Waals surface area contributed by atoms with Crippen LogP contribution in [0.1, 0.15) is 153 Å². The Morgan fingerprint density at radius 2 is 0.958 bits per heavy atom. The van der Waals surface area contributed by atoms with Gasteiger partial charge in [-0.05, 0) is 92.5 Å². The van der Waals surface area contributed by atoms with E-state index in [-0.39, 0.29) is 0 Å². The van der Waals surface area contributed by atoms with E-state index in [1.165, 1.54) is 166 Å². The van der Waals surface area contributed by atoms with E-state index in [9.17, 15) is 0 Å². The number of rotatable bonds is 28. The number of hydrogen-bond acceptors (Lipinski definition) is 4. The standard InChI is InChI=1S/C44H74N2O2/c1-5-7-8-9-12-16-21-35-46(37-40-27-31-44(48-4)32-28-40)38-42-24-19-18-23-41(42)22-17-14-11-10-13-15-20-34-45(33-6-2)36-39-25-29-43(47-3)30-26-39/h25-32,41-42H,5-24,33-38H2,1-4H3. The minimum Gasteiger partial charge on any atom is -0.497 e. The van der Waals surface area contributed by atoms with Crippen LogP contribution in [-0.2, 0) is 13.1 Å². The maximum Gasteiger partial charge on any atom is 0.118 e. The lowest BCUT2D eigenvalue weighted by molar-refractivity contribution is 0.136. The third kappa shape index (κ3) is 17.1. The second-order valence-corrected chi connectivity index (χ2v) is 14.9. The lowest BCUT2D eigenvalue weighted by Gasteiger charge is -2.36. The molecule has 1 saturated carbocycles. The molecule has 1 fully saturated rings. The highest BCUT2D eigenvalue weighted by Crippen LogP contribution is 2.35. The Kier molecular flexibility index (Phi) is 21.8. The summed E-state index contributed by atoms with van der Waals surface area (Å²) in [6.45, 7) is 11.7. The first-order valence-corrected chi connectivity index (χ1v) is 20.4. The number of hydrogen-bond donors (Lipinski definition) is 0. The molecule has 272 valence electrons. The summed E-state index contributed by atoms with van der Waals surface area (Å²) < 4.78 is 10.8. The Labute approximate surface area is 297 Å². The lowest BCUT2D eigenvalue weighted by Crippen LogP contribution is -2.35. The van der Waals surface area contributed by atoms with Gasteiger partial charge in [0.1, 0.15) is 11.5 Å². The fourth-order valence-electron chi connectivity index (χ4n) is 7.95. The molecule has 1 aliphatic carbocycles. The molecule has 2 aromatic rings. The van der Waals surface area contributed by atoms with Gasteiger partial charge in [-0.2, -0.15) is 0 Å².